The van der Waals surface area contributed by atoms with Crippen LogP contribution in [0, 0.1) is 5.82 Å². The van der Waals surface area contributed by atoms with Crippen LogP contribution >= 0.6 is 11.8 Å². The Hall–Kier alpha value is -0.740. The van der Waals surface area contributed by atoms with Crippen molar-refractivity contribution < 1.29 is 9.13 Å². The molecule has 0 heterocycles. The van der Waals surface area contributed by atoms with E-state index in [1.165, 1.54) is 12.1 Å². The van der Waals surface area contributed by atoms with Crippen molar-refractivity contribution in [3.8, 4) is 5.75 Å². The molecule has 2 nitrogen and oxygen atoms in total. The molecule has 0 fully saturated rings. The highest BCUT2D eigenvalue weighted by atomic mass is 32.2. The monoisotopic (exact) mass is 271 g/mol. The van der Waals surface area contributed by atoms with Crippen LogP contribution in [0.4, 0.5) is 4.39 Å². The van der Waals surface area contributed by atoms with E-state index in [-0.39, 0.29) is 11.9 Å². The Balaban J connectivity index is 2.59. The van der Waals surface area contributed by atoms with Crippen molar-refractivity contribution >= 4 is 11.8 Å². The molecular weight excluding hydrogens is 249 g/mol. The third kappa shape index (κ3) is 4.86. The number of nitrogens with one attached hydrogen (secondary N) is 1. The second-order valence-corrected chi connectivity index (χ2v) is 5.49. The molecule has 1 atom stereocenters. The largest absolute Gasteiger partial charge is 0.493 e. The minimum atomic E-state index is -0.250. The molecule has 0 bridgehead atoms. The Morgan fingerprint density at radius 2 is 2.22 bits per heavy atom. The Bertz CT molecular complexity index is 360. The van der Waals surface area contributed by atoms with Gasteiger partial charge < -0.3 is 10.1 Å². The Kier molecular flexibility index (Phi) is 7.13. The lowest BCUT2D eigenvalue weighted by atomic mass is 10.1. The van der Waals surface area contributed by atoms with E-state index in [0.29, 0.717) is 12.4 Å². The summed E-state index contributed by atoms with van der Waals surface area (Å²) < 4.78 is 18.9. The van der Waals surface area contributed by atoms with E-state index in [9.17, 15) is 4.39 Å². The molecule has 0 amide bonds. The number of thioether (sulfide) groups is 1. The number of benzene rings is 1. The number of hydrogen-bond acceptors (Lipinski definition) is 3. The molecule has 18 heavy (non-hydrogen) atoms. The molecule has 4 heteroatoms. The normalized spacial score (nSPS) is 12.4. The summed E-state index contributed by atoms with van der Waals surface area (Å²) in [5.74, 6) is 2.61. The minimum absolute atomic E-state index is 0.158. The van der Waals surface area contributed by atoms with E-state index in [4.69, 9.17) is 4.74 Å². The van der Waals surface area contributed by atoms with Crippen LogP contribution < -0.4 is 10.1 Å². The van der Waals surface area contributed by atoms with E-state index in [1.54, 1.807) is 6.07 Å². The van der Waals surface area contributed by atoms with Crippen LogP contribution in [0.1, 0.15) is 31.9 Å². The van der Waals surface area contributed by atoms with Crippen LogP contribution in [0.5, 0.6) is 5.75 Å². The zero-order valence-corrected chi connectivity index (χ0v) is 12.1. The van der Waals surface area contributed by atoms with E-state index < -0.39 is 0 Å². The van der Waals surface area contributed by atoms with E-state index in [1.807, 2.05) is 25.7 Å². The summed E-state index contributed by atoms with van der Waals surface area (Å²) in [5, 5.41) is 3.15. The second kappa shape index (κ2) is 8.38. The molecule has 0 aliphatic heterocycles. The van der Waals surface area contributed by atoms with Gasteiger partial charge in [-0.15, -0.1) is 0 Å². The molecule has 0 aromatic heterocycles. The molecule has 1 aromatic rings. The predicted molar refractivity (Wildman–Crippen MR) is 77.0 cm³/mol. The van der Waals surface area contributed by atoms with Gasteiger partial charge in [-0.1, -0.05) is 13.0 Å². The molecule has 0 saturated carbocycles. The molecule has 0 radical (unpaired) electrons. The summed E-state index contributed by atoms with van der Waals surface area (Å²) in [5.41, 5.74) is 1.00. The van der Waals surface area contributed by atoms with E-state index in [2.05, 4.69) is 12.2 Å². The van der Waals surface area contributed by atoms with Gasteiger partial charge in [0, 0.05) is 17.7 Å². The van der Waals surface area contributed by atoms with Gasteiger partial charge in [0.2, 0.25) is 0 Å². The summed E-state index contributed by atoms with van der Waals surface area (Å²) in [6.07, 6.45) is 0.988. The van der Waals surface area contributed by atoms with Crippen molar-refractivity contribution in [2.24, 2.45) is 0 Å². The molecule has 1 rings (SSSR count). The van der Waals surface area contributed by atoms with Crippen LogP contribution in [0.2, 0.25) is 0 Å². The maximum Gasteiger partial charge on any atom is 0.126 e. The summed E-state index contributed by atoms with van der Waals surface area (Å²) in [7, 11) is 1.88. The van der Waals surface area contributed by atoms with Gasteiger partial charge >= 0.3 is 0 Å². The fourth-order valence-corrected chi connectivity index (χ4v) is 2.24. The van der Waals surface area contributed by atoms with Gasteiger partial charge in [0.15, 0.2) is 0 Å². The summed E-state index contributed by atoms with van der Waals surface area (Å²) in [4.78, 5) is 0. The maximum absolute atomic E-state index is 13.2. The maximum atomic E-state index is 13.2. The van der Waals surface area contributed by atoms with Crippen molar-refractivity contribution in [3.05, 3.63) is 29.6 Å². The van der Waals surface area contributed by atoms with Gasteiger partial charge in [-0.05, 0) is 38.0 Å². The highest BCUT2D eigenvalue weighted by Gasteiger charge is 2.11. The highest BCUT2D eigenvalue weighted by Crippen LogP contribution is 2.26. The van der Waals surface area contributed by atoms with Gasteiger partial charge in [0.25, 0.3) is 0 Å². The summed E-state index contributed by atoms with van der Waals surface area (Å²) in [6.45, 7) is 4.82. The van der Waals surface area contributed by atoms with E-state index >= 15 is 0 Å². The first-order chi connectivity index (χ1) is 8.69. The van der Waals surface area contributed by atoms with Gasteiger partial charge in [0.05, 0.1) is 6.61 Å². The van der Waals surface area contributed by atoms with Gasteiger partial charge in [0.1, 0.15) is 11.6 Å². The third-order valence-corrected chi connectivity index (χ3v) is 3.76. The first-order valence-electron chi connectivity index (χ1n) is 6.36. The lowest BCUT2D eigenvalue weighted by molar-refractivity contribution is 0.311. The third-order valence-electron chi connectivity index (χ3n) is 2.77. The van der Waals surface area contributed by atoms with Crippen LogP contribution in [0.15, 0.2) is 18.2 Å². The van der Waals surface area contributed by atoms with Crippen molar-refractivity contribution in [2.45, 2.75) is 26.3 Å². The molecule has 102 valence electrons. The number of rotatable bonds is 8. The van der Waals surface area contributed by atoms with Gasteiger partial charge in [-0.2, -0.15) is 11.8 Å². The highest BCUT2D eigenvalue weighted by molar-refractivity contribution is 7.99. The predicted octanol–water partition coefficient (Wildman–Crippen LogP) is 3.63. The van der Waals surface area contributed by atoms with Crippen molar-refractivity contribution in [1.82, 2.24) is 5.32 Å². The van der Waals surface area contributed by atoms with Crippen molar-refractivity contribution in [2.75, 3.05) is 25.2 Å². The lowest BCUT2D eigenvalue weighted by Crippen LogP contribution is -2.14. The lowest BCUT2D eigenvalue weighted by Gasteiger charge is -2.16. The van der Waals surface area contributed by atoms with Crippen molar-refractivity contribution in [3.63, 3.8) is 0 Å². The standard InChI is InChI=1S/C14H22FNOS/c1-4-18-9-5-8-17-14-10-12(15)6-7-13(14)11(2)16-3/h6-7,10-11,16H,4-5,8-9H2,1-3H3. The zero-order chi connectivity index (χ0) is 13.4. The van der Waals surface area contributed by atoms with Crippen LogP contribution in [0.3, 0.4) is 0 Å². The molecule has 0 spiro atoms. The quantitative estimate of drug-likeness (QED) is 0.730. The average Bonchev–Trinajstić information content (AvgIpc) is 2.38. The van der Waals surface area contributed by atoms with E-state index in [0.717, 1.165) is 23.5 Å². The van der Waals surface area contributed by atoms with Crippen molar-refractivity contribution in [1.29, 1.82) is 0 Å². The minimum Gasteiger partial charge on any atom is -0.493 e. The number of halogens is 1. The fourth-order valence-electron chi connectivity index (χ4n) is 1.63. The molecular formula is C14H22FNOS. The number of ether oxygens (including phenoxy) is 1. The molecule has 1 aromatic carbocycles. The average molecular weight is 271 g/mol. The van der Waals surface area contributed by atoms with Gasteiger partial charge in [-0.3, -0.25) is 0 Å². The summed E-state index contributed by atoms with van der Waals surface area (Å²) in [6, 6.07) is 4.89. The SMILES string of the molecule is CCSCCCOc1cc(F)ccc1C(C)NC. The number of hydrogen-bond donors (Lipinski definition) is 1. The summed E-state index contributed by atoms with van der Waals surface area (Å²) >= 11 is 1.89. The van der Waals surface area contributed by atoms with Crippen LogP contribution in [-0.2, 0) is 0 Å². The first kappa shape index (κ1) is 15.3. The van der Waals surface area contributed by atoms with Crippen LogP contribution in [0.25, 0.3) is 0 Å². The Morgan fingerprint density at radius 1 is 1.44 bits per heavy atom. The zero-order valence-electron chi connectivity index (χ0n) is 11.3. The van der Waals surface area contributed by atoms with Crippen LogP contribution in [-0.4, -0.2) is 25.2 Å². The molecule has 1 N–H and O–H groups in total. The molecule has 0 aliphatic carbocycles. The second-order valence-electron chi connectivity index (χ2n) is 4.09. The van der Waals surface area contributed by atoms with Gasteiger partial charge in [-0.25, -0.2) is 4.39 Å². The molecule has 1 unspecified atom stereocenters. The molecule has 0 saturated heterocycles. The smallest absolute Gasteiger partial charge is 0.126 e. The topological polar surface area (TPSA) is 21.3 Å². The fraction of sp³-hybridized carbons (Fsp3) is 0.571. The molecule has 0 aliphatic rings. The first-order valence-corrected chi connectivity index (χ1v) is 7.51. The Labute approximate surface area is 113 Å². The Morgan fingerprint density at radius 3 is 2.89 bits per heavy atom.